The molecule has 1 aliphatic heterocycles. The highest BCUT2D eigenvalue weighted by Gasteiger charge is 2.18. The molecule has 0 saturated carbocycles. The van der Waals surface area contributed by atoms with Crippen molar-refractivity contribution in [2.45, 2.75) is 33.2 Å². The Morgan fingerprint density at radius 1 is 1.32 bits per heavy atom. The summed E-state index contributed by atoms with van der Waals surface area (Å²) in [4.78, 5) is 16.5. The second-order valence-electron chi connectivity index (χ2n) is 6.72. The molecule has 0 saturated heterocycles. The zero-order valence-corrected chi connectivity index (χ0v) is 18.0. The van der Waals surface area contributed by atoms with Crippen LogP contribution in [0, 0.1) is 0 Å². The van der Waals surface area contributed by atoms with Crippen molar-refractivity contribution in [3.05, 3.63) is 44.6 Å². The molecule has 0 aliphatic carbocycles. The van der Waals surface area contributed by atoms with E-state index in [9.17, 15) is 4.79 Å². The number of carbonyl (C=O) groups is 1. The summed E-state index contributed by atoms with van der Waals surface area (Å²) >= 11 is 8.19. The van der Waals surface area contributed by atoms with Crippen molar-refractivity contribution in [2.75, 3.05) is 32.8 Å². The average Bonchev–Trinajstić information content (AvgIpc) is 3.15. The van der Waals surface area contributed by atoms with E-state index in [-0.39, 0.29) is 5.91 Å². The van der Waals surface area contributed by atoms with Crippen molar-refractivity contribution < 1.29 is 14.3 Å². The summed E-state index contributed by atoms with van der Waals surface area (Å²) in [6.07, 6.45) is 1.96. The molecule has 0 radical (unpaired) electrons. The van der Waals surface area contributed by atoms with E-state index in [1.165, 1.54) is 10.4 Å². The van der Waals surface area contributed by atoms with Crippen molar-refractivity contribution in [3.63, 3.8) is 0 Å². The van der Waals surface area contributed by atoms with Crippen LogP contribution in [0.3, 0.4) is 0 Å². The quantitative estimate of drug-likeness (QED) is 0.651. The summed E-state index contributed by atoms with van der Waals surface area (Å²) < 4.78 is 11.3. The summed E-state index contributed by atoms with van der Waals surface area (Å²) in [6.45, 7) is 8.35. The van der Waals surface area contributed by atoms with Gasteiger partial charge in [0.15, 0.2) is 11.5 Å². The molecule has 3 rings (SSSR count). The number of benzene rings is 1. The van der Waals surface area contributed by atoms with Crippen molar-refractivity contribution >= 4 is 28.8 Å². The van der Waals surface area contributed by atoms with Gasteiger partial charge >= 0.3 is 0 Å². The number of carbonyl (C=O) groups excluding carboxylic acids is 1. The van der Waals surface area contributed by atoms with Crippen LogP contribution in [-0.4, -0.2) is 43.7 Å². The number of hydrogen-bond donors (Lipinski definition) is 1. The van der Waals surface area contributed by atoms with E-state index < -0.39 is 0 Å². The molecule has 0 fully saturated rings. The molecule has 1 aromatic carbocycles. The highest BCUT2D eigenvalue weighted by atomic mass is 35.5. The van der Waals surface area contributed by atoms with E-state index in [1.54, 1.807) is 12.1 Å². The van der Waals surface area contributed by atoms with Gasteiger partial charge in [0.25, 0.3) is 5.91 Å². The molecule has 0 bridgehead atoms. The number of thiophene rings is 1. The number of nitrogens with zero attached hydrogens (tertiary/aromatic N) is 1. The number of ether oxygens (including phenoxy) is 2. The fourth-order valence-electron chi connectivity index (χ4n) is 3.23. The highest BCUT2D eigenvalue weighted by molar-refractivity contribution is 7.10. The molecule has 2 aromatic rings. The van der Waals surface area contributed by atoms with Gasteiger partial charge in [-0.3, -0.25) is 9.69 Å². The fourth-order valence-corrected chi connectivity index (χ4v) is 4.39. The monoisotopic (exact) mass is 422 g/mol. The number of fused-ring (bicyclic) bond motifs is 1. The Hall–Kier alpha value is -1.76. The number of hydrogen-bond acceptors (Lipinski definition) is 5. The van der Waals surface area contributed by atoms with Crippen molar-refractivity contribution in [3.8, 4) is 11.5 Å². The third-order valence-corrected chi connectivity index (χ3v) is 5.93. The predicted molar refractivity (Wildman–Crippen MR) is 114 cm³/mol. The van der Waals surface area contributed by atoms with Crippen LogP contribution in [0.1, 0.15) is 41.1 Å². The maximum Gasteiger partial charge on any atom is 0.251 e. The normalized spacial score (nSPS) is 13.8. The Labute approximate surface area is 175 Å². The molecular formula is C21H27ClN2O3S. The minimum Gasteiger partial charge on any atom is -0.490 e. The van der Waals surface area contributed by atoms with Gasteiger partial charge in [0.2, 0.25) is 0 Å². The molecule has 152 valence electrons. The summed E-state index contributed by atoms with van der Waals surface area (Å²) in [5, 5.41) is 5.54. The molecule has 0 unspecified atom stereocenters. The summed E-state index contributed by atoms with van der Waals surface area (Å²) in [6, 6.07) is 5.54. The Morgan fingerprint density at radius 3 is 2.96 bits per heavy atom. The van der Waals surface area contributed by atoms with Gasteiger partial charge in [0, 0.05) is 36.6 Å². The third kappa shape index (κ3) is 5.19. The van der Waals surface area contributed by atoms with Gasteiger partial charge in [-0.15, -0.1) is 11.3 Å². The molecule has 0 spiro atoms. The lowest BCUT2D eigenvalue weighted by molar-refractivity contribution is 0.0947. The SMILES string of the molecule is CCCOc1c(Cl)cc(C(=O)NCCN2CCc3sccc3C2)cc1OCC. The van der Waals surface area contributed by atoms with E-state index >= 15 is 0 Å². The van der Waals surface area contributed by atoms with Crippen LogP contribution < -0.4 is 14.8 Å². The van der Waals surface area contributed by atoms with Gasteiger partial charge in [0.1, 0.15) is 0 Å². The van der Waals surface area contributed by atoms with Crippen LogP contribution in [0.4, 0.5) is 0 Å². The topological polar surface area (TPSA) is 50.8 Å². The Balaban J connectivity index is 1.57. The lowest BCUT2D eigenvalue weighted by atomic mass is 10.1. The van der Waals surface area contributed by atoms with Gasteiger partial charge in [-0.1, -0.05) is 18.5 Å². The van der Waals surface area contributed by atoms with E-state index in [1.807, 2.05) is 25.2 Å². The third-order valence-electron chi connectivity index (χ3n) is 4.62. The first kappa shape index (κ1) is 21.0. The van der Waals surface area contributed by atoms with Crippen LogP contribution in [-0.2, 0) is 13.0 Å². The second kappa shape index (κ2) is 10.1. The first-order chi connectivity index (χ1) is 13.6. The van der Waals surface area contributed by atoms with Crippen LogP contribution in [0.25, 0.3) is 0 Å². The first-order valence-corrected chi connectivity index (χ1v) is 11.0. The maximum absolute atomic E-state index is 12.6. The summed E-state index contributed by atoms with van der Waals surface area (Å²) in [5.41, 5.74) is 1.90. The van der Waals surface area contributed by atoms with E-state index in [0.29, 0.717) is 41.8 Å². The number of nitrogens with one attached hydrogen (secondary N) is 1. The lowest BCUT2D eigenvalue weighted by Gasteiger charge is -2.26. The van der Waals surface area contributed by atoms with Crippen LogP contribution in [0.5, 0.6) is 11.5 Å². The summed E-state index contributed by atoms with van der Waals surface area (Å²) in [7, 11) is 0. The molecule has 28 heavy (non-hydrogen) atoms. The van der Waals surface area contributed by atoms with Gasteiger partial charge in [-0.2, -0.15) is 0 Å². The highest BCUT2D eigenvalue weighted by Crippen LogP contribution is 2.36. The molecule has 1 N–H and O–H groups in total. The maximum atomic E-state index is 12.6. The minimum atomic E-state index is -0.155. The van der Waals surface area contributed by atoms with Crippen LogP contribution >= 0.6 is 22.9 Å². The van der Waals surface area contributed by atoms with Gasteiger partial charge < -0.3 is 14.8 Å². The molecule has 0 atom stereocenters. The molecule has 1 aliphatic rings. The second-order valence-corrected chi connectivity index (χ2v) is 8.13. The molecule has 1 aromatic heterocycles. The smallest absolute Gasteiger partial charge is 0.251 e. The van der Waals surface area contributed by atoms with Crippen molar-refractivity contribution in [1.82, 2.24) is 10.2 Å². The standard InChI is InChI=1S/C21H27ClN2O3S/c1-3-10-27-20-17(22)12-16(13-18(20)26-4-2)21(25)23-7-9-24-8-5-19-15(14-24)6-11-28-19/h6,11-13H,3-5,7-10,14H2,1-2H3,(H,23,25). The average molecular weight is 423 g/mol. The molecule has 5 nitrogen and oxygen atoms in total. The van der Waals surface area contributed by atoms with Gasteiger partial charge in [-0.25, -0.2) is 0 Å². The van der Waals surface area contributed by atoms with Gasteiger partial charge in [0.05, 0.1) is 18.2 Å². The lowest BCUT2D eigenvalue weighted by Crippen LogP contribution is -2.37. The largest absolute Gasteiger partial charge is 0.490 e. The van der Waals surface area contributed by atoms with Crippen molar-refractivity contribution in [1.29, 1.82) is 0 Å². The molecule has 1 amide bonds. The van der Waals surface area contributed by atoms with Crippen molar-refractivity contribution in [2.24, 2.45) is 0 Å². The zero-order chi connectivity index (χ0) is 19.9. The molecule has 2 heterocycles. The minimum absolute atomic E-state index is 0.155. The van der Waals surface area contributed by atoms with E-state index in [0.717, 1.165) is 32.5 Å². The van der Waals surface area contributed by atoms with Crippen LogP contribution in [0.2, 0.25) is 5.02 Å². The first-order valence-electron chi connectivity index (χ1n) is 9.77. The van der Waals surface area contributed by atoms with Gasteiger partial charge in [-0.05, 0) is 48.9 Å². The fraction of sp³-hybridized carbons (Fsp3) is 0.476. The number of rotatable bonds is 9. The number of amides is 1. The molecule has 7 heteroatoms. The predicted octanol–water partition coefficient (Wildman–Crippen LogP) is 4.38. The Kier molecular flexibility index (Phi) is 7.59. The van der Waals surface area contributed by atoms with E-state index in [4.69, 9.17) is 21.1 Å². The van der Waals surface area contributed by atoms with E-state index in [2.05, 4.69) is 21.7 Å². The summed E-state index contributed by atoms with van der Waals surface area (Å²) in [5.74, 6) is 0.856. The van der Waals surface area contributed by atoms with Crippen LogP contribution in [0.15, 0.2) is 23.6 Å². The Morgan fingerprint density at radius 2 is 2.18 bits per heavy atom. The number of halogens is 1. The molecular weight excluding hydrogens is 396 g/mol. The zero-order valence-electron chi connectivity index (χ0n) is 16.4. The Bertz CT molecular complexity index is 809.